The van der Waals surface area contributed by atoms with Gasteiger partial charge in [-0.2, -0.15) is 0 Å². The van der Waals surface area contributed by atoms with E-state index in [-0.39, 0.29) is 30.7 Å². The Morgan fingerprint density at radius 1 is 1.00 bits per heavy atom. The molecule has 0 aliphatic heterocycles. The van der Waals surface area contributed by atoms with Crippen LogP contribution < -0.4 is 10.6 Å². The van der Waals surface area contributed by atoms with E-state index in [1.165, 1.54) is 24.3 Å². The minimum Gasteiger partial charge on any atom is -0.508 e. The summed E-state index contributed by atoms with van der Waals surface area (Å²) in [5.74, 6) is -0.484. The number of carbonyl (C=O) groups is 2. The summed E-state index contributed by atoms with van der Waals surface area (Å²) in [6, 6.07) is 10.9. The molecule has 0 unspecified atom stereocenters. The van der Waals surface area contributed by atoms with E-state index in [0.717, 1.165) is 4.47 Å². The van der Waals surface area contributed by atoms with Crippen LogP contribution in [0.5, 0.6) is 5.75 Å². The van der Waals surface area contributed by atoms with E-state index in [0.29, 0.717) is 16.1 Å². The molecule has 0 spiro atoms. The standard InChI is InChI=1S/C16H14BrClN2O3/c17-11-3-6-13(14(18)9-11)16(23)20-8-7-19-15(22)10-1-4-12(21)5-2-10/h1-6,9,21H,7-8H2,(H,19,22)(H,20,23). The predicted molar refractivity (Wildman–Crippen MR) is 91.9 cm³/mol. The van der Waals surface area contributed by atoms with Crippen molar-refractivity contribution in [3.63, 3.8) is 0 Å². The summed E-state index contributed by atoms with van der Waals surface area (Å²) in [5, 5.41) is 14.9. The van der Waals surface area contributed by atoms with Crippen molar-refractivity contribution in [2.45, 2.75) is 0 Å². The molecule has 2 rings (SSSR count). The van der Waals surface area contributed by atoms with Crippen molar-refractivity contribution >= 4 is 39.3 Å². The first-order valence-electron chi connectivity index (χ1n) is 6.78. The van der Waals surface area contributed by atoms with Crippen molar-refractivity contribution in [3.8, 4) is 5.75 Å². The van der Waals surface area contributed by atoms with E-state index >= 15 is 0 Å². The van der Waals surface area contributed by atoms with Gasteiger partial charge in [0.15, 0.2) is 0 Å². The quantitative estimate of drug-likeness (QED) is 0.679. The van der Waals surface area contributed by atoms with Crippen molar-refractivity contribution in [3.05, 3.63) is 63.1 Å². The van der Waals surface area contributed by atoms with Crippen LogP contribution in [0.25, 0.3) is 0 Å². The normalized spacial score (nSPS) is 10.2. The number of phenolic OH excluding ortho intramolecular Hbond substituents is 1. The fourth-order valence-electron chi connectivity index (χ4n) is 1.84. The SMILES string of the molecule is O=C(NCCNC(=O)c1ccc(Br)cc1Cl)c1ccc(O)cc1. The smallest absolute Gasteiger partial charge is 0.252 e. The fraction of sp³-hybridized carbons (Fsp3) is 0.125. The van der Waals surface area contributed by atoms with E-state index < -0.39 is 0 Å². The number of nitrogens with one attached hydrogen (secondary N) is 2. The molecule has 0 saturated heterocycles. The zero-order chi connectivity index (χ0) is 16.8. The lowest BCUT2D eigenvalue weighted by atomic mass is 10.2. The molecule has 0 atom stereocenters. The molecule has 0 bridgehead atoms. The van der Waals surface area contributed by atoms with E-state index in [9.17, 15) is 9.59 Å². The molecule has 2 aromatic rings. The highest BCUT2D eigenvalue weighted by Gasteiger charge is 2.10. The van der Waals surface area contributed by atoms with Gasteiger partial charge in [-0.3, -0.25) is 9.59 Å². The van der Waals surface area contributed by atoms with Crippen molar-refractivity contribution in [1.29, 1.82) is 0 Å². The maximum absolute atomic E-state index is 12.0. The lowest BCUT2D eigenvalue weighted by molar-refractivity contribution is 0.0927. The number of amides is 2. The van der Waals surface area contributed by atoms with Crippen LogP contribution in [0.1, 0.15) is 20.7 Å². The zero-order valence-electron chi connectivity index (χ0n) is 12.0. The molecular weight excluding hydrogens is 384 g/mol. The summed E-state index contributed by atoms with van der Waals surface area (Å²) in [6.07, 6.45) is 0. The second kappa shape index (κ2) is 7.99. The predicted octanol–water partition coefficient (Wildman–Crippen LogP) is 2.97. The number of aromatic hydroxyl groups is 1. The van der Waals surface area contributed by atoms with E-state index in [4.69, 9.17) is 16.7 Å². The van der Waals surface area contributed by atoms with E-state index in [1.807, 2.05) is 0 Å². The number of benzene rings is 2. The van der Waals surface area contributed by atoms with Gasteiger partial charge in [-0.25, -0.2) is 0 Å². The first kappa shape index (κ1) is 17.3. The van der Waals surface area contributed by atoms with Gasteiger partial charge < -0.3 is 15.7 Å². The molecule has 0 aliphatic carbocycles. The van der Waals surface area contributed by atoms with Crippen molar-refractivity contribution < 1.29 is 14.7 Å². The number of halogens is 2. The van der Waals surface area contributed by atoms with Crippen LogP contribution in [0.4, 0.5) is 0 Å². The molecule has 23 heavy (non-hydrogen) atoms. The third-order valence-corrected chi connectivity index (χ3v) is 3.81. The molecule has 0 saturated carbocycles. The van der Waals surface area contributed by atoms with Crippen LogP contribution in [0, 0.1) is 0 Å². The van der Waals surface area contributed by atoms with Crippen LogP contribution in [0.2, 0.25) is 5.02 Å². The van der Waals surface area contributed by atoms with Crippen molar-refractivity contribution in [1.82, 2.24) is 10.6 Å². The van der Waals surface area contributed by atoms with Crippen LogP contribution in [0.15, 0.2) is 46.9 Å². The average Bonchev–Trinajstić information content (AvgIpc) is 2.51. The van der Waals surface area contributed by atoms with Gasteiger partial charge in [-0.15, -0.1) is 0 Å². The Balaban J connectivity index is 1.79. The Kier molecular flexibility index (Phi) is 6.01. The van der Waals surface area contributed by atoms with E-state index in [1.54, 1.807) is 18.2 Å². The molecule has 5 nitrogen and oxygen atoms in total. The highest BCUT2D eigenvalue weighted by atomic mass is 79.9. The summed E-state index contributed by atoms with van der Waals surface area (Å²) < 4.78 is 0.792. The van der Waals surface area contributed by atoms with Crippen molar-refractivity contribution in [2.75, 3.05) is 13.1 Å². The van der Waals surface area contributed by atoms with Gasteiger partial charge in [-0.1, -0.05) is 27.5 Å². The van der Waals surface area contributed by atoms with Gasteiger partial charge >= 0.3 is 0 Å². The van der Waals surface area contributed by atoms with E-state index in [2.05, 4.69) is 26.6 Å². The number of hydrogen-bond donors (Lipinski definition) is 3. The molecule has 0 aliphatic rings. The summed E-state index contributed by atoms with van der Waals surface area (Å²) in [4.78, 5) is 23.8. The largest absolute Gasteiger partial charge is 0.508 e. The maximum atomic E-state index is 12.0. The fourth-order valence-corrected chi connectivity index (χ4v) is 2.60. The molecule has 2 amide bonds. The minimum absolute atomic E-state index is 0.0974. The summed E-state index contributed by atoms with van der Waals surface area (Å²) in [5.41, 5.74) is 0.810. The molecule has 0 heterocycles. The third kappa shape index (κ3) is 4.97. The topological polar surface area (TPSA) is 78.4 Å². The Hall–Kier alpha value is -2.05. The molecule has 0 fully saturated rings. The van der Waals surface area contributed by atoms with Crippen molar-refractivity contribution in [2.24, 2.45) is 0 Å². The van der Waals surface area contributed by atoms with Gasteiger partial charge in [0.1, 0.15) is 5.75 Å². The Bertz CT molecular complexity index is 720. The third-order valence-electron chi connectivity index (χ3n) is 3.00. The van der Waals surface area contributed by atoms with Gasteiger partial charge in [0.25, 0.3) is 11.8 Å². The van der Waals surface area contributed by atoms with Crippen LogP contribution in [0.3, 0.4) is 0 Å². The zero-order valence-corrected chi connectivity index (χ0v) is 14.3. The summed E-state index contributed by atoms with van der Waals surface area (Å²) >= 11 is 9.27. The van der Waals surface area contributed by atoms with Gasteiger partial charge in [-0.05, 0) is 42.5 Å². The number of rotatable bonds is 5. The summed E-state index contributed by atoms with van der Waals surface area (Å²) in [6.45, 7) is 0.550. The van der Waals surface area contributed by atoms with Gasteiger partial charge in [0.2, 0.25) is 0 Å². The number of hydrogen-bond acceptors (Lipinski definition) is 3. The molecule has 3 N–H and O–H groups in total. The molecule has 0 aromatic heterocycles. The van der Waals surface area contributed by atoms with Crippen LogP contribution in [-0.2, 0) is 0 Å². The molecule has 2 aromatic carbocycles. The minimum atomic E-state index is -0.304. The first-order chi connectivity index (χ1) is 11.0. The van der Waals surface area contributed by atoms with Crippen LogP contribution >= 0.6 is 27.5 Å². The first-order valence-corrected chi connectivity index (χ1v) is 7.95. The Morgan fingerprint density at radius 3 is 2.22 bits per heavy atom. The Labute approximate surface area is 146 Å². The van der Waals surface area contributed by atoms with Gasteiger partial charge in [0, 0.05) is 23.1 Å². The second-order valence-corrected chi connectivity index (χ2v) is 6.01. The lowest BCUT2D eigenvalue weighted by Crippen LogP contribution is -2.34. The highest BCUT2D eigenvalue weighted by molar-refractivity contribution is 9.10. The molecule has 0 radical (unpaired) electrons. The monoisotopic (exact) mass is 396 g/mol. The lowest BCUT2D eigenvalue weighted by Gasteiger charge is -2.08. The molecule has 120 valence electrons. The average molecular weight is 398 g/mol. The maximum Gasteiger partial charge on any atom is 0.252 e. The molecule has 7 heteroatoms. The van der Waals surface area contributed by atoms with Gasteiger partial charge in [0.05, 0.1) is 10.6 Å². The number of phenols is 1. The Morgan fingerprint density at radius 2 is 1.61 bits per heavy atom. The summed E-state index contributed by atoms with van der Waals surface area (Å²) in [7, 11) is 0. The second-order valence-electron chi connectivity index (χ2n) is 4.68. The van der Waals surface area contributed by atoms with Crippen LogP contribution in [-0.4, -0.2) is 30.0 Å². The number of carbonyl (C=O) groups excluding carboxylic acids is 2. The molecular formula is C16H14BrClN2O3. The highest BCUT2D eigenvalue weighted by Crippen LogP contribution is 2.21.